The van der Waals surface area contributed by atoms with E-state index in [1.165, 1.54) is 0 Å². The Balaban J connectivity index is 2.25. The topological polar surface area (TPSA) is 35.5 Å². The van der Waals surface area contributed by atoms with Gasteiger partial charge in [-0.3, -0.25) is 0 Å². The van der Waals surface area contributed by atoms with Gasteiger partial charge in [-0.15, -0.1) is 0 Å². The van der Waals surface area contributed by atoms with E-state index in [9.17, 15) is 5.11 Å². The highest BCUT2D eigenvalue weighted by atomic mass is 35.5. The third-order valence-electron chi connectivity index (χ3n) is 3.42. The van der Waals surface area contributed by atoms with Gasteiger partial charge in [0.1, 0.15) is 5.75 Å². The lowest BCUT2D eigenvalue weighted by atomic mass is 10.2. The number of unbranched alkanes of at least 4 members (excludes halogenated alkanes) is 1. The van der Waals surface area contributed by atoms with Gasteiger partial charge in [-0.1, -0.05) is 23.2 Å². The van der Waals surface area contributed by atoms with Gasteiger partial charge in [0.25, 0.3) is 0 Å². The van der Waals surface area contributed by atoms with Crippen LogP contribution < -0.4 is 5.32 Å². The molecule has 0 bridgehead atoms. The maximum atomic E-state index is 9.82. The molecular formula is C15H24Cl2N2O. The molecule has 3 nitrogen and oxygen atoms in total. The number of halogens is 2. The van der Waals surface area contributed by atoms with E-state index in [-0.39, 0.29) is 5.75 Å². The Morgan fingerprint density at radius 2 is 1.95 bits per heavy atom. The van der Waals surface area contributed by atoms with Crippen molar-refractivity contribution >= 4 is 23.2 Å². The second kappa shape index (κ2) is 8.73. The molecule has 2 N–H and O–H groups in total. The number of nitrogens with zero attached hydrogens (tertiary/aromatic N) is 1. The van der Waals surface area contributed by atoms with Crippen LogP contribution in [0.1, 0.15) is 32.3 Å². The van der Waals surface area contributed by atoms with Gasteiger partial charge in [-0.05, 0) is 59.0 Å². The summed E-state index contributed by atoms with van der Waals surface area (Å²) in [5.74, 6) is 0.114. The van der Waals surface area contributed by atoms with Crippen molar-refractivity contribution in [2.24, 2.45) is 0 Å². The summed E-state index contributed by atoms with van der Waals surface area (Å²) in [5.41, 5.74) is 0.738. The molecule has 0 fully saturated rings. The molecule has 5 heteroatoms. The van der Waals surface area contributed by atoms with Crippen LogP contribution >= 0.6 is 23.2 Å². The fourth-order valence-electron chi connectivity index (χ4n) is 1.85. The Kier molecular flexibility index (Phi) is 7.67. The molecule has 0 radical (unpaired) electrons. The number of hydrogen-bond acceptors (Lipinski definition) is 3. The Hall–Kier alpha value is -0.480. The monoisotopic (exact) mass is 318 g/mol. The standard InChI is InChI=1S/C15H24Cl2N2O/c1-11(2)19(3)7-5-4-6-18-10-12-8-13(16)9-14(17)15(12)20/h8-9,11,18,20H,4-7,10H2,1-3H3. The van der Waals surface area contributed by atoms with Gasteiger partial charge in [-0.2, -0.15) is 0 Å². The summed E-state index contributed by atoms with van der Waals surface area (Å²) in [7, 11) is 2.14. The molecule has 0 aliphatic rings. The first-order valence-corrected chi connectivity index (χ1v) is 7.75. The van der Waals surface area contributed by atoms with Crippen LogP contribution in [0.15, 0.2) is 12.1 Å². The van der Waals surface area contributed by atoms with Crippen LogP contribution in [0.2, 0.25) is 10.0 Å². The zero-order valence-corrected chi connectivity index (χ0v) is 13.9. The minimum absolute atomic E-state index is 0.114. The van der Waals surface area contributed by atoms with Gasteiger partial charge in [0.15, 0.2) is 0 Å². The van der Waals surface area contributed by atoms with E-state index < -0.39 is 0 Å². The average Bonchev–Trinajstić information content (AvgIpc) is 2.38. The molecule has 0 saturated carbocycles. The van der Waals surface area contributed by atoms with E-state index in [1.807, 2.05) is 0 Å². The zero-order valence-electron chi connectivity index (χ0n) is 12.4. The Bertz CT molecular complexity index is 425. The van der Waals surface area contributed by atoms with Gasteiger partial charge in [-0.25, -0.2) is 0 Å². The lowest BCUT2D eigenvalue weighted by Gasteiger charge is -2.20. The molecule has 0 aliphatic heterocycles. The van der Waals surface area contributed by atoms with E-state index >= 15 is 0 Å². The van der Waals surface area contributed by atoms with E-state index in [4.69, 9.17) is 23.2 Å². The largest absolute Gasteiger partial charge is 0.506 e. The third kappa shape index (κ3) is 5.88. The van der Waals surface area contributed by atoms with Crippen LogP contribution in [0.25, 0.3) is 0 Å². The summed E-state index contributed by atoms with van der Waals surface area (Å²) < 4.78 is 0. The molecular weight excluding hydrogens is 295 g/mol. The van der Waals surface area contributed by atoms with Crippen LogP contribution in [0.5, 0.6) is 5.75 Å². The van der Waals surface area contributed by atoms with Crippen LogP contribution in [0, 0.1) is 0 Å². The molecule has 0 spiro atoms. The van der Waals surface area contributed by atoms with E-state index in [1.54, 1.807) is 12.1 Å². The number of benzene rings is 1. The molecule has 0 saturated heterocycles. The highest BCUT2D eigenvalue weighted by Crippen LogP contribution is 2.30. The molecule has 0 heterocycles. The third-order valence-corrected chi connectivity index (χ3v) is 3.92. The van der Waals surface area contributed by atoms with Gasteiger partial charge < -0.3 is 15.3 Å². The van der Waals surface area contributed by atoms with Crippen molar-refractivity contribution in [3.8, 4) is 5.75 Å². The van der Waals surface area contributed by atoms with E-state index in [0.29, 0.717) is 22.6 Å². The van der Waals surface area contributed by atoms with Crippen molar-refractivity contribution in [1.82, 2.24) is 10.2 Å². The molecule has 114 valence electrons. The molecule has 0 aromatic heterocycles. The maximum absolute atomic E-state index is 9.82. The molecule has 0 amide bonds. The molecule has 1 rings (SSSR count). The number of nitrogens with one attached hydrogen (secondary N) is 1. The zero-order chi connectivity index (χ0) is 15.1. The first kappa shape index (κ1) is 17.6. The van der Waals surface area contributed by atoms with Gasteiger partial charge in [0.05, 0.1) is 5.02 Å². The predicted octanol–water partition coefficient (Wildman–Crippen LogP) is 3.91. The van der Waals surface area contributed by atoms with Gasteiger partial charge in [0, 0.05) is 23.2 Å². The number of rotatable bonds is 8. The van der Waals surface area contributed by atoms with Gasteiger partial charge >= 0.3 is 0 Å². The first-order valence-electron chi connectivity index (χ1n) is 6.99. The SMILES string of the molecule is CC(C)N(C)CCCCNCc1cc(Cl)cc(Cl)c1O. The molecule has 0 atom stereocenters. The molecule has 20 heavy (non-hydrogen) atoms. The smallest absolute Gasteiger partial charge is 0.138 e. The van der Waals surface area contributed by atoms with Crippen LogP contribution in [0.4, 0.5) is 0 Å². The second-order valence-electron chi connectivity index (χ2n) is 5.35. The maximum Gasteiger partial charge on any atom is 0.138 e. The minimum Gasteiger partial charge on any atom is -0.506 e. The fraction of sp³-hybridized carbons (Fsp3) is 0.600. The van der Waals surface area contributed by atoms with E-state index in [2.05, 4.69) is 31.1 Å². The summed E-state index contributed by atoms with van der Waals surface area (Å²) in [4.78, 5) is 2.34. The summed E-state index contributed by atoms with van der Waals surface area (Å²) in [6.07, 6.45) is 2.26. The molecule has 1 aromatic rings. The summed E-state index contributed by atoms with van der Waals surface area (Å²) in [6, 6.07) is 3.87. The van der Waals surface area contributed by atoms with Gasteiger partial charge in [0.2, 0.25) is 0 Å². The normalized spacial score (nSPS) is 11.6. The van der Waals surface area contributed by atoms with Crippen LogP contribution in [0.3, 0.4) is 0 Å². The van der Waals surface area contributed by atoms with Crippen LogP contribution in [-0.2, 0) is 6.54 Å². The Morgan fingerprint density at radius 3 is 2.60 bits per heavy atom. The first-order chi connectivity index (χ1) is 9.41. The van der Waals surface area contributed by atoms with Crippen molar-refractivity contribution < 1.29 is 5.11 Å². The summed E-state index contributed by atoms with van der Waals surface area (Å²) >= 11 is 11.8. The van der Waals surface area contributed by atoms with Crippen molar-refractivity contribution in [1.29, 1.82) is 0 Å². The van der Waals surface area contributed by atoms with Crippen molar-refractivity contribution in [3.63, 3.8) is 0 Å². The molecule has 1 aromatic carbocycles. The second-order valence-corrected chi connectivity index (χ2v) is 6.20. The molecule has 0 unspecified atom stereocenters. The van der Waals surface area contributed by atoms with Crippen molar-refractivity contribution in [2.75, 3.05) is 20.1 Å². The highest BCUT2D eigenvalue weighted by Gasteiger charge is 2.07. The lowest BCUT2D eigenvalue weighted by molar-refractivity contribution is 0.268. The number of phenols is 1. The Labute approximate surface area is 131 Å². The van der Waals surface area contributed by atoms with Crippen LogP contribution in [-0.4, -0.2) is 36.2 Å². The summed E-state index contributed by atoms with van der Waals surface area (Å²) in [6.45, 7) is 6.99. The minimum atomic E-state index is 0.114. The van der Waals surface area contributed by atoms with E-state index in [0.717, 1.165) is 31.5 Å². The quantitative estimate of drug-likeness (QED) is 0.713. The highest BCUT2D eigenvalue weighted by molar-refractivity contribution is 6.35. The number of aromatic hydroxyl groups is 1. The summed E-state index contributed by atoms with van der Waals surface area (Å²) in [5, 5.41) is 14.0. The predicted molar refractivity (Wildman–Crippen MR) is 86.8 cm³/mol. The average molecular weight is 319 g/mol. The lowest BCUT2D eigenvalue weighted by Crippen LogP contribution is -2.27. The van der Waals surface area contributed by atoms with Crippen molar-refractivity contribution in [2.45, 2.75) is 39.3 Å². The number of phenolic OH excluding ortho intramolecular Hbond substituents is 1. The number of hydrogen-bond donors (Lipinski definition) is 2. The fourth-order valence-corrected chi connectivity index (χ4v) is 2.38. The Morgan fingerprint density at radius 1 is 1.25 bits per heavy atom. The molecule has 0 aliphatic carbocycles. The van der Waals surface area contributed by atoms with Crippen molar-refractivity contribution in [3.05, 3.63) is 27.7 Å².